The van der Waals surface area contributed by atoms with E-state index in [1.807, 2.05) is 20.8 Å². The summed E-state index contributed by atoms with van der Waals surface area (Å²) in [5.74, 6) is 1.38. The first-order valence-electron chi connectivity index (χ1n) is 13.2. The second-order valence-electron chi connectivity index (χ2n) is 12.1. The van der Waals surface area contributed by atoms with E-state index in [9.17, 15) is 14.4 Å². The number of carbonyl (C=O) groups excluding carboxylic acids is 3. The molecule has 0 radical (unpaired) electrons. The summed E-state index contributed by atoms with van der Waals surface area (Å²) in [5, 5.41) is 11.0. The third-order valence-corrected chi connectivity index (χ3v) is 8.11. The quantitative estimate of drug-likeness (QED) is 0.456. The standard InChI is InChI=1S/C27H41N5O4/c1-6-21(33)31-27-11-17-9-18(12-27)22(19(10-17)13-27)30-23(34)20-14-29-32(24(20)36-15-16(2)3)8-7-26(4,5)25(28)35/h7-8,14,16-19,22H,6,9-13,15H2,1-5H3,(H2,28,35)(H,30,34)(H,31,33)/b8-7+. The number of ether oxygens (including phenoxy) is 1. The zero-order valence-electron chi connectivity index (χ0n) is 22.2. The molecule has 4 aliphatic carbocycles. The smallest absolute Gasteiger partial charge is 0.258 e. The van der Waals surface area contributed by atoms with Crippen LogP contribution in [0.25, 0.3) is 6.20 Å². The fourth-order valence-corrected chi connectivity index (χ4v) is 6.37. The number of hydrogen-bond donors (Lipinski definition) is 3. The predicted molar refractivity (Wildman–Crippen MR) is 137 cm³/mol. The molecule has 9 heteroatoms. The van der Waals surface area contributed by atoms with Crippen LogP contribution < -0.4 is 21.1 Å². The van der Waals surface area contributed by atoms with Gasteiger partial charge in [0, 0.05) is 24.2 Å². The summed E-state index contributed by atoms with van der Waals surface area (Å²) >= 11 is 0. The Morgan fingerprint density at radius 1 is 1.25 bits per heavy atom. The highest BCUT2D eigenvalue weighted by atomic mass is 16.5. The first-order valence-corrected chi connectivity index (χ1v) is 13.2. The Labute approximate surface area is 213 Å². The second-order valence-corrected chi connectivity index (χ2v) is 12.1. The Morgan fingerprint density at radius 3 is 2.50 bits per heavy atom. The Hall–Kier alpha value is -2.84. The van der Waals surface area contributed by atoms with Crippen molar-refractivity contribution in [3.05, 3.63) is 17.8 Å². The summed E-state index contributed by atoms with van der Waals surface area (Å²) in [4.78, 5) is 37.4. The molecule has 2 atom stereocenters. The average Bonchev–Trinajstić information content (AvgIpc) is 3.20. The fraction of sp³-hybridized carbons (Fsp3) is 0.704. The molecule has 198 valence electrons. The second kappa shape index (κ2) is 9.90. The molecule has 4 saturated carbocycles. The van der Waals surface area contributed by atoms with Crippen molar-refractivity contribution in [2.24, 2.45) is 34.8 Å². The summed E-state index contributed by atoms with van der Waals surface area (Å²) < 4.78 is 7.51. The molecule has 36 heavy (non-hydrogen) atoms. The van der Waals surface area contributed by atoms with Crippen molar-refractivity contribution in [3.8, 4) is 5.88 Å². The number of amides is 3. The summed E-state index contributed by atoms with van der Waals surface area (Å²) in [6.45, 7) is 9.83. The molecule has 0 spiro atoms. The minimum absolute atomic E-state index is 0.0753. The van der Waals surface area contributed by atoms with Gasteiger partial charge in [-0.25, -0.2) is 4.68 Å². The molecule has 0 aromatic carbocycles. The number of nitrogens with zero attached hydrogens (tertiary/aromatic N) is 2. The van der Waals surface area contributed by atoms with Gasteiger partial charge in [0.2, 0.25) is 17.7 Å². The van der Waals surface area contributed by atoms with E-state index in [1.54, 1.807) is 26.1 Å². The van der Waals surface area contributed by atoms with Crippen molar-refractivity contribution >= 4 is 23.9 Å². The van der Waals surface area contributed by atoms with Gasteiger partial charge in [0.1, 0.15) is 5.56 Å². The van der Waals surface area contributed by atoms with E-state index >= 15 is 0 Å². The van der Waals surface area contributed by atoms with Crippen molar-refractivity contribution in [2.75, 3.05) is 6.61 Å². The largest absolute Gasteiger partial charge is 0.477 e. The lowest BCUT2D eigenvalue weighted by Gasteiger charge is -2.60. The molecular formula is C27H41N5O4. The van der Waals surface area contributed by atoms with Crippen LogP contribution in [-0.4, -0.2) is 45.7 Å². The lowest BCUT2D eigenvalue weighted by atomic mass is 9.51. The van der Waals surface area contributed by atoms with Gasteiger partial charge >= 0.3 is 0 Å². The van der Waals surface area contributed by atoms with Crippen LogP contribution in [0.2, 0.25) is 0 Å². The molecule has 0 saturated heterocycles. The van der Waals surface area contributed by atoms with Crippen LogP contribution >= 0.6 is 0 Å². The molecule has 1 aromatic heterocycles. The van der Waals surface area contributed by atoms with Crippen LogP contribution in [0, 0.1) is 29.1 Å². The first kappa shape index (κ1) is 26.2. The van der Waals surface area contributed by atoms with Crippen LogP contribution in [0.5, 0.6) is 5.88 Å². The third kappa shape index (κ3) is 5.30. The molecule has 9 nitrogen and oxygen atoms in total. The normalized spacial score (nSPS) is 29.1. The van der Waals surface area contributed by atoms with Crippen molar-refractivity contribution in [1.82, 2.24) is 20.4 Å². The lowest BCUT2D eigenvalue weighted by molar-refractivity contribution is -0.127. The van der Waals surface area contributed by atoms with Gasteiger partial charge < -0.3 is 21.1 Å². The summed E-state index contributed by atoms with van der Waals surface area (Å²) in [5.41, 5.74) is 4.89. The predicted octanol–water partition coefficient (Wildman–Crippen LogP) is 3.10. The molecule has 4 aliphatic rings. The SMILES string of the molecule is CCC(=O)NC12CC3CC(C1)C(NC(=O)c1cnn(/C=C/C(C)(C)C(N)=O)c1OCC(C)C)C(C3)C2. The fourth-order valence-electron chi connectivity index (χ4n) is 6.37. The van der Waals surface area contributed by atoms with E-state index in [1.165, 1.54) is 10.9 Å². The number of hydrogen-bond acceptors (Lipinski definition) is 5. The summed E-state index contributed by atoms with van der Waals surface area (Å²) in [7, 11) is 0. The van der Waals surface area contributed by atoms with Crippen molar-refractivity contribution in [2.45, 2.75) is 84.7 Å². The highest BCUT2D eigenvalue weighted by Gasteiger charge is 2.56. The third-order valence-electron chi connectivity index (χ3n) is 8.11. The summed E-state index contributed by atoms with van der Waals surface area (Å²) in [6, 6.07) is 0.0753. The van der Waals surface area contributed by atoms with Crippen LogP contribution in [0.4, 0.5) is 0 Å². The molecule has 4 bridgehead atoms. The van der Waals surface area contributed by atoms with Gasteiger partial charge in [-0.05, 0) is 69.6 Å². The highest BCUT2D eigenvalue weighted by molar-refractivity contribution is 5.96. The number of aromatic nitrogens is 2. The molecule has 3 amide bonds. The van der Waals surface area contributed by atoms with Crippen molar-refractivity contribution in [3.63, 3.8) is 0 Å². The lowest BCUT2D eigenvalue weighted by Crippen LogP contribution is -2.66. The van der Waals surface area contributed by atoms with Gasteiger partial charge in [0.25, 0.3) is 5.91 Å². The zero-order valence-corrected chi connectivity index (χ0v) is 22.2. The van der Waals surface area contributed by atoms with E-state index in [2.05, 4.69) is 15.7 Å². The molecule has 1 heterocycles. The maximum atomic E-state index is 13.5. The van der Waals surface area contributed by atoms with E-state index in [0.717, 1.165) is 32.1 Å². The maximum absolute atomic E-state index is 13.5. The molecule has 1 aromatic rings. The maximum Gasteiger partial charge on any atom is 0.258 e. The topological polar surface area (TPSA) is 128 Å². The van der Waals surface area contributed by atoms with Gasteiger partial charge in [0.05, 0.1) is 18.2 Å². The van der Waals surface area contributed by atoms with Gasteiger partial charge in [-0.2, -0.15) is 5.10 Å². The Bertz CT molecular complexity index is 1030. The van der Waals surface area contributed by atoms with E-state index in [0.29, 0.717) is 42.2 Å². The van der Waals surface area contributed by atoms with Crippen LogP contribution in [0.3, 0.4) is 0 Å². The minimum Gasteiger partial charge on any atom is -0.477 e. The Morgan fingerprint density at radius 2 is 1.92 bits per heavy atom. The molecule has 5 rings (SSSR count). The van der Waals surface area contributed by atoms with E-state index < -0.39 is 11.3 Å². The van der Waals surface area contributed by atoms with Gasteiger partial charge in [0.15, 0.2) is 0 Å². The number of nitrogens with two attached hydrogens (primary N) is 1. The molecule has 0 aliphatic heterocycles. The first-order chi connectivity index (χ1) is 16.9. The number of carbonyl (C=O) groups is 3. The molecule has 2 unspecified atom stereocenters. The Balaban J connectivity index is 1.52. The van der Waals surface area contributed by atoms with Gasteiger partial charge in [-0.15, -0.1) is 0 Å². The highest BCUT2D eigenvalue weighted by Crippen LogP contribution is 2.55. The van der Waals surface area contributed by atoms with Crippen molar-refractivity contribution < 1.29 is 19.1 Å². The zero-order chi connectivity index (χ0) is 26.3. The van der Waals surface area contributed by atoms with Crippen LogP contribution in [-0.2, 0) is 9.59 Å². The van der Waals surface area contributed by atoms with Gasteiger partial charge in [-0.1, -0.05) is 26.8 Å². The average molecular weight is 500 g/mol. The monoisotopic (exact) mass is 499 g/mol. The molecule has 4 N–H and O–H groups in total. The molecular weight excluding hydrogens is 458 g/mol. The number of nitrogens with one attached hydrogen (secondary N) is 2. The summed E-state index contributed by atoms with van der Waals surface area (Å²) in [6.07, 6.45) is 10.4. The van der Waals surface area contributed by atoms with Crippen LogP contribution in [0.1, 0.15) is 83.5 Å². The minimum atomic E-state index is -0.868. The van der Waals surface area contributed by atoms with E-state index in [4.69, 9.17) is 10.5 Å². The molecule has 4 fully saturated rings. The number of rotatable bonds is 10. The van der Waals surface area contributed by atoms with Crippen LogP contribution in [0.15, 0.2) is 12.3 Å². The Kier molecular flexibility index (Phi) is 7.21. The van der Waals surface area contributed by atoms with Crippen molar-refractivity contribution in [1.29, 1.82) is 0 Å². The van der Waals surface area contributed by atoms with E-state index in [-0.39, 0.29) is 29.3 Å². The number of primary amides is 1. The van der Waals surface area contributed by atoms with Gasteiger partial charge in [-0.3, -0.25) is 14.4 Å².